The van der Waals surface area contributed by atoms with Crippen molar-refractivity contribution in [1.82, 2.24) is 10.3 Å². The molecule has 0 aliphatic rings. The molecular formula is C13H14Cl2N2O. The van der Waals surface area contributed by atoms with E-state index in [1.54, 1.807) is 12.3 Å². The van der Waals surface area contributed by atoms with Crippen LogP contribution in [0.4, 0.5) is 0 Å². The van der Waals surface area contributed by atoms with Crippen molar-refractivity contribution in [3.05, 3.63) is 51.7 Å². The molecule has 3 nitrogen and oxygen atoms in total. The summed E-state index contributed by atoms with van der Waals surface area (Å²) < 4.78 is 5.46. The average Bonchev–Trinajstić information content (AvgIpc) is 2.74. The fourth-order valence-corrected chi connectivity index (χ4v) is 2.06. The second kappa shape index (κ2) is 5.74. The first-order valence-corrected chi connectivity index (χ1v) is 6.41. The number of aryl methyl sites for hydroxylation is 1. The second-order valence-corrected chi connectivity index (χ2v) is 4.99. The van der Waals surface area contributed by atoms with Crippen molar-refractivity contribution in [3.8, 4) is 0 Å². The number of nitrogens with zero attached hydrogens (tertiary/aromatic N) is 1. The molecule has 1 heterocycles. The van der Waals surface area contributed by atoms with Gasteiger partial charge in [0.1, 0.15) is 5.76 Å². The topological polar surface area (TPSA) is 38.1 Å². The van der Waals surface area contributed by atoms with Crippen molar-refractivity contribution in [1.29, 1.82) is 0 Å². The Morgan fingerprint density at radius 3 is 2.78 bits per heavy atom. The van der Waals surface area contributed by atoms with E-state index in [0.717, 1.165) is 11.3 Å². The highest BCUT2D eigenvalue weighted by Gasteiger charge is 2.11. The van der Waals surface area contributed by atoms with E-state index in [0.29, 0.717) is 22.5 Å². The number of aromatic nitrogens is 1. The Bertz CT molecular complexity index is 540. The van der Waals surface area contributed by atoms with Crippen LogP contribution >= 0.6 is 23.2 Å². The smallest absolute Gasteiger partial charge is 0.211 e. The highest BCUT2D eigenvalue weighted by Crippen LogP contribution is 2.21. The van der Waals surface area contributed by atoms with E-state index in [1.165, 1.54) is 0 Å². The molecule has 0 radical (unpaired) electrons. The fraction of sp³-hybridized carbons (Fsp3) is 0.308. The van der Waals surface area contributed by atoms with Crippen molar-refractivity contribution in [2.24, 2.45) is 0 Å². The lowest BCUT2D eigenvalue weighted by Gasteiger charge is -2.11. The number of oxazole rings is 1. The van der Waals surface area contributed by atoms with E-state index in [9.17, 15) is 0 Å². The van der Waals surface area contributed by atoms with Gasteiger partial charge in [0.25, 0.3) is 0 Å². The molecule has 1 atom stereocenters. The Kier molecular flexibility index (Phi) is 4.27. The lowest BCUT2D eigenvalue weighted by Crippen LogP contribution is -2.18. The Balaban J connectivity index is 1.99. The molecule has 0 spiro atoms. The van der Waals surface area contributed by atoms with Crippen LogP contribution in [-0.4, -0.2) is 4.98 Å². The van der Waals surface area contributed by atoms with Crippen molar-refractivity contribution < 1.29 is 4.42 Å². The lowest BCUT2D eigenvalue weighted by molar-refractivity contribution is 0.402. The summed E-state index contributed by atoms with van der Waals surface area (Å²) in [7, 11) is 0. The SMILES string of the molecule is Cc1cnc(C(C)NCc2ccc(Cl)cc2Cl)o1. The van der Waals surface area contributed by atoms with Gasteiger partial charge in [0.05, 0.1) is 12.2 Å². The zero-order valence-electron chi connectivity index (χ0n) is 10.2. The molecule has 18 heavy (non-hydrogen) atoms. The molecule has 0 fully saturated rings. The Labute approximate surface area is 116 Å². The normalized spacial score (nSPS) is 12.7. The molecular weight excluding hydrogens is 271 g/mol. The monoisotopic (exact) mass is 284 g/mol. The molecule has 0 bridgehead atoms. The van der Waals surface area contributed by atoms with Gasteiger partial charge in [0.15, 0.2) is 0 Å². The first kappa shape index (κ1) is 13.4. The van der Waals surface area contributed by atoms with E-state index in [4.69, 9.17) is 27.6 Å². The minimum atomic E-state index is 0.0328. The van der Waals surface area contributed by atoms with Gasteiger partial charge in [0.2, 0.25) is 5.89 Å². The van der Waals surface area contributed by atoms with Gasteiger partial charge >= 0.3 is 0 Å². The van der Waals surface area contributed by atoms with Crippen LogP contribution in [0.2, 0.25) is 10.0 Å². The number of halogens is 2. The van der Waals surface area contributed by atoms with Crippen molar-refractivity contribution in [2.75, 3.05) is 0 Å². The molecule has 96 valence electrons. The van der Waals surface area contributed by atoms with Gasteiger partial charge in [-0.1, -0.05) is 29.3 Å². The molecule has 0 aliphatic heterocycles. The summed E-state index contributed by atoms with van der Waals surface area (Å²) >= 11 is 11.9. The van der Waals surface area contributed by atoms with E-state index in [-0.39, 0.29) is 6.04 Å². The third kappa shape index (κ3) is 3.25. The summed E-state index contributed by atoms with van der Waals surface area (Å²) in [6.45, 7) is 4.51. The van der Waals surface area contributed by atoms with E-state index in [1.807, 2.05) is 26.0 Å². The Morgan fingerprint density at radius 1 is 1.39 bits per heavy atom. The number of hydrogen-bond donors (Lipinski definition) is 1. The van der Waals surface area contributed by atoms with E-state index < -0.39 is 0 Å². The van der Waals surface area contributed by atoms with Crippen LogP contribution < -0.4 is 5.32 Å². The van der Waals surface area contributed by atoms with Crippen LogP contribution in [0, 0.1) is 6.92 Å². The van der Waals surface area contributed by atoms with Gasteiger partial charge in [-0.2, -0.15) is 0 Å². The Morgan fingerprint density at radius 2 is 2.17 bits per heavy atom. The van der Waals surface area contributed by atoms with Gasteiger partial charge in [0, 0.05) is 16.6 Å². The molecule has 1 unspecified atom stereocenters. The first-order valence-electron chi connectivity index (χ1n) is 5.66. The summed E-state index contributed by atoms with van der Waals surface area (Å²) in [5.74, 6) is 1.49. The van der Waals surface area contributed by atoms with Crippen molar-refractivity contribution in [3.63, 3.8) is 0 Å². The minimum Gasteiger partial charge on any atom is -0.444 e. The lowest BCUT2D eigenvalue weighted by atomic mass is 10.2. The van der Waals surface area contributed by atoms with Crippen LogP contribution in [0.25, 0.3) is 0 Å². The molecule has 0 saturated carbocycles. The minimum absolute atomic E-state index is 0.0328. The predicted octanol–water partition coefficient (Wildman–Crippen LogP) is 4.14. The van der Waals surface area contributed by atoms with Crippen molar-refractivity contribution >= 4 is 23.2 Å². The highest BCUT2D eigenvalue weighted by molar-refractivity contribution is 6.35. The molecule has 2 rings (SSSR count). The zero-order valence-corrected chi connectivity index (χ0v) is 11.7. The molecule has 0 amide bonds. The summed E-state index contributed by atoms with van der Waals surface area (Å²) in [4.78, 5) is 4.18. The molecule has 2 aromatic rings. The fourth-order valence-electron chi connectivity index (χ4n) is 1.59. The molecule has 0 aliphatic carbocycles. The average molecular weight is 285 g/mol. The summed E-state index contributed by atoms with van der Waals surface area (Å²) in [6.07, 6.45) is 1.71. The first-order chi connectivity index (χ1) is 8.56. The van der Waals surface area contributed by atoms with Gasteiger partial charge in [-0.15, -0.1) is 0 Å². The maximum absolute atomic E-state index is 6.10. The molecule has 1 N–H and O–H groups in total. The molecule has 1 aromatic heterocycles. The Hall–Kier alpha value is -1.03. The van der Waals surface area contributed by atoms with Gasteiger partial charge in [-0.3, -0.25) is 0 Å². The van der Waals surface area contributed by atoms with E-state index in [2.05, 4.69) is 10.3 Å². The number of hydrogen-bond acceptors (Lipinski definition) is 3. The molecule has 1 aromatic carbocycles. The van der Waals surface area contributed by atoms with Crippen LogP contribution in [0.15, 0.2) is 28.8 Å². The second-order valence-electron chi connectivity index (χ2n) is 4.15. The summed E-state index contributed by atoms with van der Waals surface area (Å²) in [5, 5.41) is 4.60. The predicted molar refractivity (Wildman–Crippen MR) is 73.0 cm³/mol. The van der Waals surface area contributed by atoms with Crippen LogP contribution in [0.1, 0.15) is 30.2 Å². The van der Waals surface area contributed by atoms with Crippen LogP contribution in [0.3, 0.4) is 0 Å². The van der Waals surface area contributed by atoms with Gasteiger partial charge in [-0.05, 0) is 31.5 Å². The molecule has 5 heteroatoms. The number of nitrogens with one attached hydrogen (secondary N) is 1. The highest BCUT2D eigenvalue weighted by atomic mass is 35.5. The maximum atomic E-state index is 6.10. The van der Waals surface area contributed by atoms with Gasteiger partial charge in [-0.25, -0.2) is 4.98 Å². The zero-order chi connectivity index (χ0) is 13.1. The van der Waals surface area contributed by atoms with E-state index >= 15 is 0 Å². The molecule has 0 saturated heterocycles. The number of benzene rings is 1. The van der Waals surface area contributed by atoms with Gasteiger partial charge < -0.3 is 9.73 Å². The third-order valence-corrected chi connectivity index (χ3v) is 3.21. The largest absolute Gasteiger partial charge is 0.444 e. The quantitative estimate of drug-likeness (QED) is 0.917. The van der Waals surface area contributed by atoms with Crippen LogP contribution in [-0.2, 0) is 6.54 Å². The maximum Gasteiger partial charge on any atom is 0.211 e. The summed E-state index contributed by atoms with van der Waals surface area (Å²) in [5.41, 5.74) is 0.996. The number of rotatable bonds is 4. The standard InChI is InChI=1S/C13H14Cl2N2O/c1-8-6-17-13(18-8)9(2)16-7-10-3-4-11(14)5-12(10)15/h3-6,9,16H,7H2,1-2H3. The summed E-state index contributed by atoms with van der Waals surface area (Å²) in [6, 6.07) is 5.50. The van der Waals surface area contributed by atoms with Crippen LogP contribution in [0.5, 0.6) is 0 Å². The van der Waals surface area contributed by atoms with Crippen molar-refractivity contribution in [2.45, 2.75) is 26.4 Å². The third-order valence-electron chi connectivity index (χ3n) is 2.62.